The highest BCUT2D eigenvalue weighted by atomic mass is 19.3. The minimum atomic E-state index is -3.07. The van der Waals surface area contributed by atoms with Crippen molar-refractivity contribution in [3.8, 4) is 11.5 Å². The number of carbonyl (C=O) groups excluding carboxylic acids is 2. The van der Waals surface area contributed by atoms with E-state index in [4.69, 9.17) is 4.74 Å². The topological polar surface area (TPSA) is 110 Å². The molecule has 1 aromatic heterocycles. The standard InChI is InChI=1S/C26H23F4N3O6/c1-32-14(12-34)5-8-20(24(32)36)33-11-17(21-18(27)9-16(38-2)10-19(21)28)22(25(33)37)31-23(35)13-3-6-15(7-4-13)39-26(29)30/h3-10,17,22,26,34H,11-12H2,1-2H3,(H,31,35)/t17-,22-/m0/s1. The smallest absolute Gasteiger partial charge is 0.387 e. The number of pyridine rings is 1. The van der Waals surface area contributed by atoms with Crippen molar-refractivity contribution in [3.63, 3.8) is 0 Å². The Hall–Kier alpha value is -4.39. The Kier molecular flexibility index (Phi) is 7.90. The molecule has 0 radical (unpaired) electrons. The van der Waals surface area contributed by atoms with Crippen LogP contribution in [0.1, 0.15) is 27.5 Å². The van der Waals surface area contributed by atoms with Gasteiger partial charge in [0.15, 0.2) is 0 Å². The predicted octanol–water partition coefficient (Wildman–Crippen LogP) is 2.69. The van der Waals surface area contributed by atoms with Crippen LogP contribution in [0.4, 0.5) is 23.2 Å². The molecule has 1 aliphatic rings. The molecule has 2 heterocycles. The van der Waals surface area contributed by atoms with Crippen molar-refractivity contribution < 1.29 is 41.7 Å². The van der Waals surface area contributed by atoms with Crippen LogP contribution >= 0.6 is 0 Å². The highest BCUT2D eigenvalue weighted by molar-refractivity contribution is 6.05. The van der Waals surface area contributed by atoms with Crippen LogP contribution in [0, 0.1) is 11.6 Å². The van der Waals surface area contributed by atoms with Crippen molar-refractivity contribution in [3.05, 3.63) is 87.3 Å². The zero-order valence-corrected chi connectivity index (χ0v) is 20.7. The average molecular weight is 549 g/mol. The quantitative estimate of drug-likeness (QED) is 0.419. The van der Waals surface area contributed by atoms with Crippen molar-refractivity contribution >= 4 is 17.5 Å². The molecule has 206 valence electrons. The lowest BCUT2D eigenvalue weighted by Gasteiger charge is -2.20. The number of halogens is 4. The molecule has 3 aromatic rings. The monoisotopic (exact) mass is 549 g/mol. The van der Waals surface area contributed by atoms with Gasteiger partial charge in [0, 0.05) is 48.5 Å². The van der Waals surface area contributed by atoms with Crippen LogP contribution in [0.15, 0.2) is 53.3 Å². The molecule has 0 spiro atoms. The molecule has 1 saturated heterocycles. The zero-order chi connectivity index (χ0) is 28.4. The fraction of sp³-hybridized carbons (Fsp3) is 0.269. The number of aromatic nitrogens is 1. The van der Waals surface area contributed by atoms with E-state index in [2.05, 4.69) is 10.1 Å². The Morgan fingerprint density at radius 1 is 1.08 bits per heavy atom. The van der Waals surface area contributed by atoms with Gasteiger partial charge in [0.2, 0.25) is 5.91 Å². The third kappa shape index (κ3) is 5.43. The van der Waals surface area contributed by atoms with Gasteiger partial charge in [-0.05, 0) is 36.4 Å². The van der Waals surface area contributed by atoms with Crippen molar-refractivity contribution in [1.29, 1.82) is 0 Å². The van der Waals surface area contributed by atoms with Crippen LogP contribution in [0.2, 0.25) is 0 Å². The van der Waals surface area contributed by atoms with Gasteiger partial charge in [0.25, 0.3) is 11.5 Å². The van der Waals surface area contributed by atoms with Crippen LogP contribution in [0.5, 0.6) is 11.5 Å². The summed E-state index contributed by atoms with van der Waals surface area (Å²) in [5, 5.41) is 11.9. The predicted molar refractivity (Wildman–Crippen MR) is 130 cm³/mol. The number of methoxy groups -OCH3 is 1. The Morgan fingerprint density at radius 2 is 1.72 bits per heavy atom. The van der Waals surface area contributed by atoms with E-state index in [0.717, 1.165) is 33.7 Å². The summed E-state index contributed by atoms with van der Waals surface area (Å²) in [4.78, 5) is 40.5. The first-order valence-electron chi connectivity index (χ1n) is 11.6. The number of aliphatic hydroxyl groups is 1. The number of rotatable bonds is 8. The van der Waals surface area contributed by atoms with E-state index >= 15 is 8.78 Å². The van der Waals surface area contributed by atoms with Gasteiger partial charge >= 0.3 is 6.61 Å². The van der Waals surface area contributed by atoms with Gasteiger partial charge in [-0.3, -0.25) is 14.4 Å². The fourth-order valence-electron chi connectivity index (χ4n) is 4.44. The number of aliphatic hydroxyl groups excluding tert-OH is 1. The van der Waals surface area contributed by atoms with Gasteiger partial charge in [-0.15, -0.1) is 0 Å². The van der Waals surface area contributed by atoms with Crippen molar-refractivity contribution in [2.45, 2.75) is 25.2 Å². The molecular weight excluding hydrogens is 526 g/mol. The van der Waals surface area contributed by atoms with Crippen molar-refractivity contribution in [2.24, 2.45) is 7.05 Å². The normalized spacial score (nSPS) is 17.0. The van der Waals surface area contributed by atoms with Gasteiger partial charge in [-0.2, -0.15) is 8.78 Å². The molecular formula is C26H23F4N3O6. The Balaban J connectivity index is 1.73. The molecule has 0 saturated carbocycles. The number of ether oxygens (including phenoxy) is 2. The van der Waals surface area contributed by atoms with E-state index in [-0.39, 0.29) is 35.0 Å². The molecule has 39 heavy (non-hydrogen) atoms. The number of hydrogen-bond acceptors (Lipinski definition) is 6. The number of carbonyl (C=O) groups is 2. The minimum absolute atomic E-state index is 0.0412. The number of alkyl halides is 2. The summed E-state index contributed by atoms with van der Waals surface area (Å²) in [6.45, 7) is -3.87. The zero-order valence-electron chi connectivity index (χ0n) is 20.7. The molecule has 0 aliphatic carbocycles. The van der Waals surface area contributed by atoms with Crippen LogP contribution in [-0.4, -0.2) is 47.8 Å². The summed E-state index contributed by atoms with van der Waals surface area (Å²) in [7, 11) is 2.61. The van der Waals surface area contributed by atoms with E-state index in [1.165, 1.54) is 38.4 Å². The van der Waals surface area contributed by atoms with E-state index in [1.807, 2.05) is 0 Å². The second-order valence-corrected chi connectivity index (χ2v) is 8.65. The summed E-state index contributed by atoms with van der Waals surface area (Å²) < 4.78 is 65.3. The first kappa shape index (κ1) is 27.6. The van der Waals surface area contributed by atoms with Gasteiger partial charge in [-0.25, -0.2) is 8.78 Å². The highest BCUT2D eigenvalue weighted by Crippen LogP contribution is 2.36. The first-order chi connectivity index (χ1) is 18.5. The van der Waals surface area contributed by atoms with Crippen molar-refractivity contribution in [1.82, 2.24) is 9.88 Å². The van der Waals surface area contributed by atoms with Gasteiger partial charge in [-0.1, -0.05) is 0 Å². The number of amides is 2. The number of anilines is 1. The lowest BCUT2D eigenvalue weighted by Crippen LogP contribution is -2.44. The van der Waals surface area contributed by atoms with E-state index in [9.17, 15) is 28.3 Å². The van der Waals surface area contributed by atoms with E-state index in [0.29, 0.717) is 0 Å². The van der Waals surface area contributed by atoms with Gasteiger partial charge < -0.3 is 29.4 Å². The summed E-state index contributed by atoms with van der Waals surface area (Å²) >= 11 is 0. The van der Waals surface area contributed by atoms with Crippen LogP contribution < -0.4 is 25.2 Å². The molecule has 1 fully saturated rings. The molecule has 4 rings (SSSR count). The van der Waals surface area contributed by atoms with Gasteiger partial charge in [0.1, 0.15) is 34.9 Å². The van der Waals surface area contributed by atoms with E-state index < -0.39 is 59.7 Å². The van der Waals surface area contributed by atoms with Gasteiger partial charge in [0.05, 0.1) is 13.7 Å². The summed E-state index contributed by atoms with van der Waals surface area (Å²) in [6, 6.07) is 7.68. The maximum atomic E-state index is 15.1. The highest BCUT2D eigenvalue weighted by Gasteiger charge is 2.46. The first-order valence-corrected chi connectivity index (χ1v) is 11.6. The Morgan fingerprint density at radius 3 is 2.28 bits per heavy atom. The molecule has 2 amide bonds. The summed E-state index contributed by atoms with van der Waals surface area (Å²) in [5.74, 6) is -5.26. The number of nitrogens with one attached hydrogen (secondary N) is 1. The maximum Gasteiger partial charge on any atom is 0.387 e. The number of hydrogen-bond donors (Lipinski definition) is 2. The molecule has 0 unspecified atom stereocenters. The van der Waals surface area contributed by atoms with Crippen LogP contribution in [0.25, 0.3) is 0 Å². The Bertz CT molecular complexity index is 1440. The van der Waals surface area contributed by atoms with E-state index in [1.54, 1.807) is 0 Å². The molecule has 13 heteroatoms. The largest absolute Gasteiger partial charge is 0.497 e. The lowest BCUT2D eigenvalue weighted by atomic mass is 9.92. The van der Waals surface area contributed by atoms with Crippen LogP contribution in [-0.2, 0) is 18.4 Å². The van der Waals surface area contributed by atoms with Crippen LogP contribution in [0.3, 0.4) is 0 Å². The Labute approximate surface area is 219 Å². The minimum Gasteiger partial charge on any atom is -0.497 e. The molecule has 2 N–H and O–H groups in total. The SMILES string of the molecule is COc1cc(F)c([C@@H]2CN(c3ccc(CO)n(C)c3=O)C(=O)[C@H]2NC(=O)c2ccc(OC(F)F)cc2)c(F)c1. The number of benzene rings is 2. The molecule has 2 atom stereocenters. The second-order valence-electron chi connectivity index (χ2n) is 8.65. The summed E-state index contributed by atoms with van der Waals surface area (Å²) in [5.41, 5.74) is -1.04. The average Bonchev–Trinajstić information content (AvgIpc) is 3.20. The lowest BCUT2D eigenvalue weighted by molar-refractivity contribution is -0.118. The number of nitrogens with zero attached hydrogens (tertiary/aromatic N) is 2. The molecule has 1 aliphatic heterocycles. The molecule has 9 nitrogen and oxygen atoms in total. The van der Waals surface area contributed by atoms with Crippen molar-refractivity contribution in [2.75, 3.05) is 18.6 Å². The fourth-order valence-corrected chi connectivity index (χ4v) is 4.44. The summed E-state index contributed by atoms with van der Waals surface area (Å²) in [6.07, 6.45) is 0. The third-order valence-corrected chi connectivity index (χ3v) is 6.44. The molecule has 0 bridgehead atoms. The second kappa shape index (κ2) is 11.2. The molecule has 2 aromatic carbocycles. The third-order valence-electron chi connectivity index (χ3n) is 6.44. The maximum absolute atomic E-state index is 15.1.